The average molecular weight is 828 g/mol. The van der Waals surface area contributed by atoms with Crippen LogP contribution < -0.4 is 5.19 Å². The quantitative estimate of drug-likeness (QED) is 0.0972. The van der Waals surface area contributed by atoms with E-state index in [9.17, 15) is 0 Å². The maximum Gasteiger partial charge on any atom is 4.00 e. The molecule has 0 saturated carbocycles. The van der Waals surface area contributed by atoms with Crippen molar-refractivity contribution < 1.29 is 25.8 Å². The molecule has 0 fully saturated rings. The molecule has 0 amide bonds. The summed E-state index contributed by atoms with van der Waals surface area (Å²) < 4.78 is 0. The van der Waals surface area contributed by atoms with Gasteiger partial charge in [0, 0.05) is 0 Å². The van der Waals surface area contributed by atoms with Gasteiger partial charge in [0.25, 0.3) is 0 Å². The Hall–Kier alpha value is -2.68. The van der Waals surface area contributed by atoms with Crippen LogP contribution >= 0.6 is 0 Å². The summed E-state index contributed by atoms with van der Waals surface area (Å²) >= 11 is 0. The van der Waals surface area contributed by atoms with E-state index in [0.717, 1.165) is 12.8 Å². The zero-order chi connectivity index (χ0) is 32.7. The van der Waals surface area contributed by atoms with Crippen LogP contribution in [-0.2, 0) is 25.8 Å². The van der Waals surface area contributed by atoms with E-state index in [-0.39, 0.29) is 40.7 Å². The van der Waals surface area contributed by atoms with Crippen molar-refractivity contribution in [2.45, 2.75) is 97.8 Å². The fraction of sp³-hybridized carbons (Fsp3) is 0.319. The molecule has 0 spiro atoms. The topological polar surface area (TPSA) is 0 Å². The number of hydrogen-bond donors (Lipinski definition) is 0. The minimum atomic E-state index is 0. The van der Waals surface area contributed by atoms with E-state index < -0.39 is 0 Å². The first-order chi connectivity index (χ1) is 22.0. The van der Waals surface area contributed by atoms with Gasteiger partial charge in [-0.3, -0.25) is 0 Å². The Bertz CT molecular complexity index is 1840. The Labute approximate surface area is 320 Å². The minimum Gasteiger partial charge on any atom is -0.358 e. The largest absolute Gasteiger partial charge is 4.00 e. The molecule has 2 radical (unpaired) electrons. The maximum atomic E-state index is 4.30. The first-order valence-corrected chi connectivity index (χ1v) is 18.4. The Morgan fingerprint density at radius 1 is 0.653 bits per heavy atom. The summed E-state index contributed by atoms with van der Waals surface area (Å²) in [7, 11) is 0.644. The van der Waals surface area contributed by atoms with Crippen molar-refractivity contribution in [2.24, 2.45) is 0 Å². The number of rotatable bonds is 10. The van der Waals surface area contributed by atoms with Gasteiger partial charge in [0.1, 0.15) is 0 Å². The van der Waals surface area contributed by atoms with Gasteiger partial charge >= 0.3 is 25.8 Å². The molecule has 1 aliphatic rings. The van der Waals surface area contributed by atoms with E-state index >= 15 is 0 Å². The maximum absolute atomic E-state index is 4.30. The molecule has 1 unspecified atom stereocenters. The van der Waals surface area contributed by atoms with Crippen LogP contribution in [0.1, 0.15) is 131 Å². The summed E-state index contributed by atoms with van der Waals surface area (Å²) in [5.41, 5.74) is 14.0. The third-order valence-electron chi connectivity index (χ3n) is 9.97. The molecule has 252 valence electrons. The molecule has 0 saturated heterocycles. The molecule has 1 atom stereocenters. The van der Waals surface area contributed by atoms with Crippen molar-refractivity contribution >= 4 is 31.6 Å². The summed E-state index contributed by atoms with van der Waals surface area (Å²) in [4.78, 5) is 0. The van der Waals surface area contributed by atoms with E-state index in [1.54, 1.807) is 5.20 Å². The second-order valence-electron chi connectivity index (χ2n) is 14.7. The summed E-state index contributed by atoms with van der Waals surface area (Å²) in [5.74, 6) is 2.44. The molecule has 49 heavy (non-hydrogen) atoms. The molecule has 5 aromatic carbocycles. The van der Waals surface area contributed by atoms with Gasteiger partial charge in [-0.2, -0.15) is 12.5 Å². The van der Waals surface area contributed by atoms with Crippen molar-refractivity contribution in [3.63, 3.8) is 0 Å². The van der Waals surface area contributed by atoms with Gasteiger partial charge in [-0.1, -0.05) is 139 Å². The summed E-state index contributed by atoms with van der Waals surface area (Å²) in [6, 6.07) is 33.3. The first-order valence-electron chi connectivity index (χ1n) is 17.4. The summed E-state index contributed by atoms with van der Waals surface area (Å²) in [5, 5.41) is 5.71. The van der Waals surface area contributed by atoms with Gasteiger partial charge in [0.2, 0.25) is 0 Å². The first kappa shape index (κ1) is 40.7. The van der Waals surface area contributed by atoms with E-state index in [1.807, 2.05) is 0 Å². The minimum absolute atomic E-state index is 0. The Morgan fingerprint density at radius 3 is 1.65 bits per heavy atom. The van der Waals surface area contributed by atoms with Crippen molar-refractivity contribution in [1.29, 1.82) is 0 Å². The van der Waals surface area contributed by atoms with Crippen LogP contribution in [0.2, 0.25) is 0 Å². The number of fused-ring (bicyclic) bond motifs is 2. The van der Waals surface area contributed by atoms with Crippen LogP contribution in [0.15, 0.2) is 90.1 Å². The molecular weight excluding hydrogens is 771 g/mol. The van der Waals surface area contributed by atoms with Crippen molar-refractivity contribution in [3.05, 3.63) is 145 Å². The van der Waals surface area contributed by atoms with E-state index in [1.165, 1.54) is 71.6 Å². The Balaban J connectivity index is 0.00000217. The van der Waals surface area contributed by atoms with Gasteiger partial charge in [-0.05, 0) is 79.7 Å². The van der Waals surface area contributed by atoms with Gasteiger partial charge in [-0.25, -0.2) is 0 Å². The molecule has 0 bridgehead atoms. The van der Waals surface area contributed by atoms with Gasteiger partial charge in [0.05, 0.1) is 9.52 Å². The van der Waals surface area contributed by atoms with Crippen LogP contribution in [0.25, 0.3) is 39.1 Å². The molecular formula is C47H56HfSi. The van der Waals surface area contributed by atoms with Gasteiger partial charge in [0.15, 0.2) is 0 Å². The van der Waals surface area contributed by atoms with Crippen molar-refractivity contribution in [3.8, 4) is 22.3 Å². The summed E-state index contributed by atoms with van der Waals surface area (Å²) in [6.45, 7) is 22.7. The molecule has 6 rings (SSSR count). The Kier molecular flexibility index (Phi) is 14.2. The Morgan fingerprint density at radius 2 is 1.14 bits per heavy atom. The molecule has 0 aliphatic heterocycles. The molecule has 5 aromatic rings. The fourth-order valence-corrected chi connectivity index (χ4v) is 8.55. The normalized spacial score (nSPS) is 13.8. The number of benzene rings is 4. The van der Waals surface area contributed by atoms with Crippen molar-refractivity contribution in [2.75, 3.05) is 0 Å². The molecule has 0 aromatic heterocycles. The second kappa shape index (κ2) is 17.0. The van der Waals surface area contributed by atoms with E-state index in [0.29, 0.717) is 39.1 Å². The standard InChI is InChI=1S/C45H50Si.2CH3.Hf/c1-10-13-42-41-17-12-16-40(37-22-34(29(6)7)19-35(23-37)30(8)9)44(41)26-45(42)46-38-24-31-14-11-15-39(43(31)25-38)36-20-32(27(2)3)18-33(21-36)28(4)5;;;/h11-12,14-30,42H,1,10,13H2,2-9H3;2*1H3;/q-2;2*-1;+4. The average Bonchev–Trinajstić information content (AvgIpc) is 3.61. The van der Waals surface area contributed by atoms with E-state index in [4.69, 9.17) is 0 Å². The molecule has 1 aliphatic carbocycles. The number of hydrogen-bond acceptors (Lipinski definition) is 0. The van der Waals surface area contributed by atoms with Crippen molar-refractivity contribution in [1.82, 2.24) is 0 Å². The van der Waals surface area contributed by atoms with Crippen LogP contribution in [-0.4, -0.2) is 9.52 Å². The van der Waals surface area contributed by atoms with E-state index in [2.05, 4.69) is 153 Å². The fourth-order valence-electron chi connectivity index (χ4n) is 7.08. The third-order valence-corrected chi connectivity index (χ3v) is 11.3. The summed E-state index contributed by atoms with van der Waals surface area (Å²) in [6.07, 6.45) is 4.57. The SMILES string of the molecule is [CH2-]CCC1C([Si]c2cc3c(-c4cc(C(C)C)cc(C(C)C)c4)cccc3[cH-]2)=Cc2c(-c3cc(C(C)C)cc(C(C)C)c3)cccc21.[CH3-].[CH3-].[Hf+4]. The molecule has 0 heterocycles. The number of allylic oxidation sites excluding steroid dienone is 1. The van der Waals surface area contributed by atoms with Crippen LogP contribution in [0.3, 0.4) is 0 Å². The van der Waals surface area contributed by atoms with Crippen LogP contribution in [0.4, 0.5) is 0 Å². The predicted molar refractivity (Wildman–Crippen MR) is 217 cm³/mol. The zero-order valence-electron chi connectivity index (χ0n) is 31.7. The molecule has 2 heteroatoms. The van der Waals surface area contributed by atoms with Crippen LogP contribution in [0.5, 0.6) is 0 Å². The van der Waals surface area contributed by atoms with Gasteiger partial charge < -0.3 is 21.8 Å². The van der Waals surface area contributed by atoms with Gasteiger partial charge in [-0.15, -0.1) is 34.2 Å². The van der Waals surface area contributed by atoms with Crippen LogP contribution in [0, 0.1) is 21.8 Å². The molecule has 0 N–H and O–H groups in total. The predicted octanol–water partition coefficient (Wildman–Crippen LogP) is 13.4. The monoisotopic (exact) mass is 828 g/mol. The zero-order valence-corrected chi connectivity index (χ0v) is 36.3. The second-order valence-corrected chi connectivity index (χ2v) is 16.1. The smallest absolute Gasteiger partial charge is 0.358 e. The molecule has 0 nitrogen and oxygen atoms in total. The third kappa shape index (κ3) is 8.45.